The van der Waals surface area contributed by atoms with E-state index in [2.05, 4.69) is 16.9 Å². The van der Waals surface area contributed by atoms with Crippen molar-refractivity contribution in [3.05, 3.63) is 24.3 Å². The van der Waals surface area contributed by atoms with E-state index in [0.717, 1.165) is 19.5 Å². The molecule has 1 aromatic rings. The van der Waals surface area contributed by atoms with Crippen LogP contribution in [0.25, 0.3) is 0 Å². The zero-order valence-electron chi connectivity index (χ0n) is 8.18. The lowest BCUT2D eigenvalue weighted by Gasteiger charge is -2.14. The molecule has 1 aliphatic heterocycles. The largest absolute Gasteiger partial charge is 0.338 e. The van der Waals surface area contributed by atoms with Crippen molar-refractivity contribution in [3.8, 4) is 0 Å². The third-order valence-electron chi connectivity index (χ3n) is 2.52. The van der Waals surface area contributed by atoms with E-state index >= 15 is 0 Å². The zero-order valence-corrected chi connectivity index (χ0v) is 8.18. The minimum atomic E-state index is 0.0509. The van der Waals surface area contributed by atoms with Crippen molar-refractivity contribution in [2.24, 2.45) is 5.92 Å². The molecule has 0 saturated carbocycles. The summed E-state index contributed by atoms with van der Waals surface area (Å²) in [6, 6.07) is 0. The maximum absolute atomic E-state index is 11.8. The lowest BCUT2D eigenvalue weighted by molar-refractivity contribution is 0.0787. The monoisotopic (exact) mass is 191 g/mol. The smallest absolute Gasteiger partial charge is 0.256 e. The van der Waals surface area contributed by atoms with Gasteiger partial charge in [0.05, 0.1) is 5.56 Å². The van der Waals surface area contributed by atoms with Crippen molar-refractivity contribution < 1.29 is 4.79 Å². The Hall–Kier alpha value is -1.45. The van der Waals surface area contributed by atoms with Gasteiger partial charge in [0.15, 0.2) is 0 Å². The van der Waals surface area contributed by atoms with Crippen LogP contribution in [0.2, 0.25) is 0 Å². The first-order chi connectivity index (χ1) is 6.77. The second-order valence-corrected chi connectivity index (χ2v) is 3.77. The molecule has 1 unspecified atom stereocenters. The Balaban J connectivity index is 2.10. The summed E-state index contributed by atoms with van der Waals surface area (Å²) < 4.78 is 0. The van der Waals surface area contributed by atoms with Gasteiger partial charge in [-0.25, -0.2) is 9.97 Å². The summed E-state index contributed by atoms with van der Waals surface area (Å²) in [7, 11) is 0. The van der Waals surface area contributed by atoms with Gasteiger partial charge < -0.3 is 4.90 Å². The molecule has 0 radical (unpaired) electrons. The molecule has 2 rings (SSSR count). The molecule has 1 saturated heterocycles. The number of aromatic nitrogens is 2. The molecule has 1 atom stereocenters. The molecular weight excluding hydrogens is 178 g/mol. The molecule has 2 heterocycles. The second kappa shape index (κ2) is 3.74. The van der Waals surface area contributed by atoms with Gasteiger partial charge in [0.2, 0.25) is 0 Å². The summed E-state index contributed by atoms with van der Waals surface area (Å²) in [5.74, 6) is 0.665. The van der Waals surface area contributed by atoms with Crippen molar-refractivity contribution in [3.63, 3.8) is 0 Å². The van der Waals surface area contributed by atoms with Gasteiger partial charge in [0.25, 0.3) is 5.91 Å². The molecule has 4 heteroatoms. The number of hydrogen-bond acceptors (Lipinski definition) is 3. The Bertz CT molecular complexity index is 325. The van der Waals surface area contributed by atoms with Crippen LogP contribution in [-0.4, -0.2) is 33.9 Å². The molecule has 0 spiro atoms. The van der Waals surface area contributed by atoms with E-state index in [-0.39, 0.29) is 5.91 Å². The predicted molar refractivity (Wildman–Crippen MR) is 51.7 cm³/mol. The first-order valence-electron chi connectivity index (χ1n) is 4.81. The average molecular weight is 191 g/mol. The highest BCUT2D eigenvalue weighted by Crippen LogP contribution is 2.16. The molecule has 1 amide bonds. The van der Waals surface area contributed by atoms with E-state index in [9.17, 15) is 4.79 Å². The zero-order chi connectivity index (χ0) is 9.97. The Labute approximate surface area is 83.0 Å². The SMILES string of the molecule is CC1CCN(C(=O)c2cncnc2)C1. The number of rotatable bonds is 1. The first kappa shape index (κ1) is 9.12. The molecule has 1 aliphatic rings. The van der Waals surface area contributed by atoms with E-state index in [1.807, 2.05) is 4.90 Å². The van der Waals surface area contributed by atoms with Crippen LogP contribution in [0.15, 0.2) is 18.7 Å². The lowest BCUT2D eigenvalue weighted by Crippen LogP contribution is -2.28. The molecule has 0 aromatic carbocycles. The van der Waals surface area contributed by atoms with Crippen LogP contribution >= 0.6 is 0 Å². The number of amides is 1. The maximum Gasteiger partial charge on any atom is 0.256 e. The van der Waals surface area contributed by atoms with E-state index in [0.29, 0.717) is 11.5 Å². The van der Waals surface area contributed by atoms with Crippen molar-refractivity contribution in [1.82, 2.24) is 14.9 Å². The number of nitrogens with zero attached hydrogens (tertiary/aromatic N) is 3. The van der Waals surface area contributed by atoms with E-state index in [1.165, 1.54) is 6.33 Å². The molecule has 14 heavy (non-hydrogen) atoms. The summed E-state index contributed by atoms with van der Waals surface area (Å²) >= 11 is 0. The number of hydrogen-bond donors (Lipinski definition) is 0. The molecule has 1 aromatic heterocycles. The topological polar surface area (TPSA) is 46.1 Å². The minimum absolute atomic E-state index is 0.0509. The van der Waals surface area contributed by atoms with Crippen LogP contribution in [0.3, 0.4) is 0 Å². The van der Waals surface area contributed by atoms with Gasteiger partial charge in [-0.3, -0.25) is 4.79 Å². The van der Waals surface area contributed by atoms with Crippen LogP contribution in [0.4, 0.5) is 0 Å². The summed E-state index contributed by atoms with van der Waals surface area (Å²) in [4.78, 5) is 21.4. The van der Waals surface area contributed by atoms with E-state index < -0.39 is 0 Å². The molecule has 1 fully saturated rings. The van der Waals surface area contributed by atoms with Crippen LogP contribution < -0.4 is 0 Å². The standard InChI is InChI=1S/C10H13N3O/c1-8-2-3-13(6-8)10(14)9-4-11-7-12-5-9/h4-5,7-8H,2-3,6H2,1H3. The van der Waals surface area contributed by atoms with Gasteiger partial charge in [-0.2, -0.15) is 0 Å². The summed E-state index contributed by atoms with van der Waals surface area (Å²) in [6.45, 7) is 3.87. The Morgan fingerprint density at radius 3 is 2.79 bits per heavy atom. The highest BCUT2D eigenvalue weighted by atomic mass is 16.2. The molecule has 0 aliphatic carbocycles. The van der Waals surface area contributed by atoms with Crippen molar-refractivity contribution in [1.29, 1.82) is 0 Å². The molecule has 74 valence electrons. The van der Waals surface area contributed by atoms with Crippen molar-refractivity contribution in [2.45, 2.75) is 13.3 Å². The fraction of sp³-hybridized carbons (Fsp3) is 0.500. The van der Waals surface area contributed by atoms with Gasteiger partial charge in [-0.1, -0.05) is 6.92 Å². The van der Waals surface area contributed by atoms with Crippen LogP contribution in [0.1, 0.15) is 23.7 Å². The maximum atomic E-state index is 11.8. The van der Waals surface area contributed by atoms with Gasteiger partial charge in [-0.15, -0.1) is 0 Å². The summed E-state index contributed by atoms with van der Waals surface area (Å²) in [6.07, 6.45) is 5.67. The molecule has 4 nitrogen and oxygen atoms in total. The number of likely N-dealkylation sites (tertiary alicyclic amines) is 1. The normalized spacial score (nSPS) is 21.2. The predicted octanol–water partition coefficient (Wildman–Crippen LogP) is 0.959. The average Bonchev–Trinajstić information content (AvgIpc) is 2.65. The Kier molecular flexibility index (Phi) is 2.43. The minimum Gasteiger partial charge on any atom is -0.338 e. The Morgan fingerprint density at radius 1 is 1.50 bits per heavy atom. The van der Waals surface area contributed by atoms with Crippen molar-refractivity contribution in [2.75, 3.05) is 13.1 Å². The van der Waals surface area contributed by atoms with Crippen LogP contribution in [0, 0.1) is 5.92 Å². The number of carbonyl (C=O) groups excluding carboxylic acids is 1. The number of carbonyl (C=O) groups is 1. The fourth-order valence-corrected chi connectivity index (χ4v) is 1.71. The van der Waals surface area contributed by atoms with Gasteiger partial charge in [-0.05, 0) is 12.3 Å². The second-order valence-electron chi connectivity index (χ2n) is 3.77. The highest BCUT2D eigenvalue weighted by molar-refractivity contribution is 5.93. The van der Waals surface area contributed by atoms with E-state index in [1.54, 1.807) is 12.4 Å². The summed E-state index contributed by atoms with van der Waals surface area (Å²) in [5, 5.41) is 0. The molecular formula is C10H13N3O. The third kappa shape index (κ3) is 1.73. The lowest BCUT2D eigenvalue weighted by atomic mass is 10.2. The van der Waals surface area contributed by atoms with Gasteiger partial charge in [0.1, 0.15) is 6.33 Å². The quantitative estimate of drug-likeness (QED) is 0.664. The van der Waals surface area contributed by atoms with E-state index in [4.69, 9.17) is 0 Å². The fourth-order valence-electron chi connectivity index (χ4n) is 1.71. The first-order valence-corrected chi connectivity index (χ1v) is 4.81. The van der Waals surface area contributed by atoms with Gasteiger partial charge in [0, 0.05) is 25.5 Å². The van der Waals surface area contributed by atoms with Crippen LogP contribution in [0.5, 0.6) is 0 Å². The third-order valence-corrected chi connectivity index (χ3v) is 2.52. The molecule has 0 N–H and O–H groups in total. The summed E-state index contributed by atoms with van der Waals surface area (Å²) in [5.41, 5.74) is 0.585. The van der Waals surface area contributed by atoms with Crippen LogP contribution in [-0.2, 0) is 0 Å². The Morgan fingerprint density at radius 2 is 2.21 bits per heavy atom. The molecule has 0 bridgehead atoms. The van der Waals surface area contributed by atoms with Gasteiger partial charge >= 0.3 is 0 Å². The highest BCUT2D eigenvalue weighted by Gasteiger charge is 2.24. The van der Waals surface area contributed by atoms with Crippen molar-refractivity contribution >= 4 is 5.91 Å².